The summed E-state index contributed by atoms with van der Waals surface area (Å²) in [6.07, 6.45) is 25.3. The van der Waals surface area contributed by atoms with Gasteiger partial charge in [0.05, 0.1) is 38.6 Å². The Hall–Kier alpha value is -1.73. The molecule has 0 spiro atoms. The van der Waals surface area contributed by atoms with Gasteiger partial charge in [-0.05, 0) is 44.9 Å². The van der Waals surface area contributed by atoms with Gasteiger partial charge >= 0.3 is 0 Å². The standard InChI is InChI=1S/C65H121NO18/c1-3-5-7-9-11-13-15-17-19-21-23-25-26-28-30-32-34-36-38-40-42-49(70)48(66-53(71)43-41-39-37-35-33-31-29-27-24-22-20-18-16-14-12-10-8-6-4-2)47-79-63-59(77)56(74)61(51(45-68)81-63)84-65-60(78)57(75)62(52(46-69)82-65)83-64-58(76)55(73)54(72)50(44-67)80-64/h12,14,18,20,48-52,54-65,67-70,72-78H,3-11,13,15-17,19,21-47H2,1-2H3,(H,66,71)/b14-12-,20-18-. The van der Waals surface area contributed by atoms with Crippen molar-refractivity contribution in [2.24, 2.45) is 0 Å². The first-order valence-corrected chi connectivity index (χ1v) is 33.6. The van der Waals surface area contributed by atoms with Crippen LogP contribution in [0.1, 0.15) is 251 Å². The van der Waals surface area contributed by atoms with Crippen LogP contribution in [-0.2, 0) is 33.2 Å². The maximum atomic E-state index is 13.4. The molecule has 0 saturated carbocycles. The summed E-state index contributed by atoms with van der Waals surface area (Å²) in [4.78, 5) is 13.4. The number of hydrogen-bond donors (Lipinski definition) is 12. The summed E-state index contributed by atoms with van der Waals surface area (Å²) in [6, 6.07) is -0.888. The van der Waals surface area contributed by atoms with E-state index in [-0.39, 0.29) is 18.9 Å². The molecule has 3 rings (SSSR count). The zero-order valence-electron chi connectivity index (χ0n) is 51.9. The maximum absolute atomic E-state index is 13.4. The van der Waals surface area contributed by atoms with E-state index in [1.807, 2.05) is 0 Å². The molecule has 17 atom stereocenters. The lowest BCUT2D eigenvalue weighted by molar-refractivity contribution is -0.379. The Kier molecular flexibility index (Phi) is 43.9. The Morgan fingerprint density at radius 2 is 0.786 bits per heavy atom. The van der Waals surface area contributed by atoms with Crippen molar-refractivity contribution in [2.45, 2.75) is 356 Å². The number of ether oxygens (including phenoxy) is 6. The molecule has 17 unspecified atom stereocenters. The van der Waals surface area contributed by atoms with Gasteiger partial charge in [0.1, 0.15) is 73.2 Å². The molecule has 0 bridgehead atoms. The van der Waals surface area contributed by atoms with Crippen molar-refractivity contribution in [3.05, 3.63) is 24.3 Å². The van der Waals surface area contributed by atoms with Crippen LogP contribution in [0, 0.1) is 0 Å². The van der Waals surface area contributed by atoms with Crippen molar-refractivity contribution >= 4 is 5.91 Å². The first kappa shape index (κ1) is 76.5. The van der Waals surface area contributed by atoms with E-state index in [1.54, 1.807) is 0 Å². The van der Waals surface area contributed by atoms with Gasteiger partial charge in [-0.15, -0.1) is 0 Å². The number of amides is 1. The van der Waals surface area contributed by atoms with Gasteiger partial charge < -0.3 is 89.9 Å². The quantitative estimate of drug-likeness (QED) is 0.0204. The fourth-order valence-electron chi connectivity index (χ4n) is 11.5. The molecule has 84 heavy (non-hydrogen) atoms. The molecule has 19 heteroatoms. The summed E-state index contributed by atoms with van der Waals surface area (Å²) in [5.74, 6) is -0.245. The van der Waals surface area contributed by atoms with Crippen LogP contribution in [0.3, 0.4) is 0 Å². The number of hydrogen-bond acceptors (Lipinski definition) is 18. The SMILES string of the molecule is CCCCC/C=C\C/C=C\CCCCCCCCCCCC(=O)NC(COC1OC(CO)C(OC2OC(CO)C(OC3OC(CO)C(O)C(O)C3O)C(O)C2O)C(O)C1O)C(O)CCCCCCCCCCCCCCCCCCCCCC. The van der Waals surface area contributed by atoms with Crippen molar-refractivity contribution in [3.63, 3.8) is 0 Å². The smallest absolute Gasteiger partial charge is 0.220 e. The van der Waals surface area contributed by atoms with Crippen molar-refractivity contribution in [3.8, 4) is 0 Å². The zero-order chi connectivity index (χ0) is 61.2. The highest BCUT2D eigenvalue weighted by Crippen LogP contribution is 2.33. The molecular weight excluding hydrogens is 1080 g/mol. The number of carbonyl (C=O) groups is 1. The Morgan fingerprint density at radius 1 is 0.429 bits per heavy atom. The van der Waals surface area contributed by atoms with Gasteiger partial charge in [0.25, 0.3) is 0 Å². The van der Waals surface area contributed by atoms with Gasteiger partial charge in [0.15, 0.2) is 18.9 Å². The lowest BCUT2D eigenvalue weighted by atomic mass is 9.96. The molecule has 0 aromatic rings. The van der Waals surface area contributed by atoms with Crippen LogP contribution < -0.4 is 5.32 Å². The van der Waals surface area contributed by atoms with Crippen LogP contribution in [0.5, 0.6) is 0 Å². The lowest BCUT2D eigenvalue weighted by Gasteiger charge is -2.48. The van der Waals surface area contributed by atoms with Gasteiger partial charge in [0.2, 0.25) is 5.91 Å². The fourth-order valence-corrected chi connectivity index (χ4v) is 11.5. The third-order valence-corrected chi connectivity index (χ3v) is 17.0. The minimum Gasteiger partial charge on any atom is -0.394 e. The molecule has 494 valence electrons. The summed E-state index contributed by atoms with van der Waals surface area (Å²) in [7, 11) is 0. The molecule has 3 fully saturated rings. The van der Waals surface area contributed by atoms with Crippen LogP contribution >= 0.6 is 0 Å². The zero-order valence-corrected chi connectivity index (χ0v) is 51.9. The third kappa shape index (κ3) is 30.7. The number of carbonyl (C=O) groups excluding carboxylic acids is 1. The van der Waals surface area contributed by atoms with Crippen LogP contribution in [0.4, 0.5) is 0 Å². The molecule has 0 radical (unpaired) electrons. The summed E-state index contributed by atoms with van der Waals surface area (Å²) < 4.78 is 34.4. The van der Waals surface area contributed by atoms with E-state index in [2.05, 4.69) is 43.5 Å². The molecule has 1 amide bonds. The average molecular weight is 1200 g/mol. The second-order valence-corrected chi connectivity index (χ2v) is 24.3. The predicted molar refractivity (Wildman–Crippen MR) is 323 cm³/mol. The molecule has 3 saturated heterocycles. The maximum Gasteiger partial charge on any atom is 0.220 e. The van der Waals surface area contributed by atoms with E-state index < -0.39 is 124 Å². The first-order valence-electron chi connectivity index (χ1n) is 33.6. The number of aliphatic hydroxyl groups excluding tert-OH is 11. The van der Waals surface area contributed by atoms with Gasteiger partial charge in [-0.25, -0.2) is 0 Å². The first-order chi connectivity index (χ1) is 40.8. The minimum absolute atomic E-state index is 0.245. The third-order valence-electron chi connectivity index (χ3n) is 17.0. The summed E-state index contributed by atoms with van der Waals surface area (Å²) in [5, 5.41) is 121. The molecule has 3 aliphatic heterocycles. The molecule has 0 aromatic heterocycles. The van der Waals surface area contributed by atoms with E-state index in [9.17, 15) is 61.0 Å². The number of allylic oxidation sites excluding steroid dienone is 4. The Balaban J connectivity index is 1.46. The minimum atomic E-state index is -1.97. The number of aliphatic hydroxyl groups is 11. The Labute approximate surface area is 505 Å². The lowest BCUT2D eigenvalue weighted by Crippen LogP contribution is -2.66. The van der Waals surface area contributed by atoms with Crippen molar-refractivity contribution in [2.75, 3.05) is 26.4 Å². The molecule has 3 heterocycles. The largest absolute Gasteiger partial charge is 0.394 e. The summed E-state index contributed by atoms with van der Waals surface area (Å²) in [6.45, 7) is 1.79. The van der Waals surface area contributed by atoms with Gasteiger partial charge in [-0.1, -0.05) is 224 Å². The molecule has 12 N–H and O–H groups in total. The molecular formula is C65H121NO18. The summed E-state index contributed by atoms with van der Waals surface area (Å²) in [5.41, 5.74) is 0. The highest BCUT2D eigenvalue weighted by molar-refractivity contribution is 5.76. The van der Waals surface area contributed by atoms with E-state index in [1.165, 1.54) is 161 Å². The van der Waals surface area contributed by atoms with E-state index >= 15 is 0 Å². The Bertz CT molecular complexity index is 1630. The number of nitrogens with one attached hydrogen (secondary N) is 1. The van der Waals surface area contributed by atoms with Crippen LogP contribution in [0.2, 0.25) is 0 Å². The van der Waals surface area contributed by atoms with E-state index in [4.69, 9.17) is 28.4 Å². The van der Waals surface area contributed by atoms with Crippen molar-refractivity contribution < 1.29 is 89.4 Å². The topological polar surface area (TPSA) is 307 Å². The number of unbranched alkanes of at least 4 members (excludes halogenated alkanes) is 31. The fraction of sp³-hybridized carbons (Fsp3) is 0.923. The monoisotopic (exact) mass is 1200 g/mol. The second-order valence-electron chi connectivity index (χ2n) is 24.3. The predicted octanol–water partition coefficient (Wildman–Crippen LogP) is 7.88. The average Bonchev–Trinajstić information content (AvgIpc) is 2.79. The normalized spacial score (nSPS) is 29.3. The van der Waals surface area contributed by atoms with Crippen LogP contribution in [0.15, 0.2) is 24.3 Å². The van der Waals surface area contributed by atoms with Crippen molar-refractivity contribution in [1.82, 2.24) is 5.32 Å². The van der Waals surface area contributed by atoms with Crippen LogP contribution in [0.25, 0.3) is 0 Å². The molecule has 3 aliphatic rings. The highest BCUT2D eigenvalue weighted by Gasteiger charge is 2.53. The van der Waals surface area contributed by atoms with Crippen molar-refractivity contribution in [1.29, 1.82) is 0 Å². The molecule has 0 aromatic carbocycles. The number of rotatable bonds is 51. The Morgan fingerprint density at radius 3 is 1.24 bits per heavy atom. The van der Waals surface area contributed by atoms with Crippen LogP contribution in [-0.4, -0.2) is 193 Å². The van der Waals surface area contributed by atoms with Gasteiger partial charge in [0, 0.05) is 6.42 Å². The van der Waals surface area contributed by atoms with Gasteiger partial charge in [-0.2, -0.15) is 0 Å². The van der Waals surface area contributed by atoms with E-state index in [0.29, 0.717) is 12.8 Å². The van der Waals surface area contributed by atoms with Gasteiger partial charge in [-0.3, -0.25) is 4.79 Å². The highest BCUT2D eigenvalue weighted by atomic mass is 16.8. The summed E-state index contributed by atoms with van der Waals surface area (Å²) >= 11 is 0. The second kappa shape index (κ2) is 48.2. The van der Waals surface area contributed by atoms with E-state index in [0.717, 1.165) is 57.8 Å². The molecule has 0 aliphatic carbocycles. The molecule has 19 nitrogen and oxygen atoms in total.